The molecule has 4 nitrogen and oxygen atoms in total. The molecule has 0 bridgehead atoms. The number of amides is 1. The number of carbonyl (C=O) groups excluding carboxylic acids is 2. The average molecular weight is 318 g/mol. The minimum atomic E-state index is -0.0340. The van der Waals surface area contributed by atoms with Gasteiger partial charge < -0.3 is 10.2 Å². The van der Waals surface area contributed by atoms with Gasteiger partial charge in [0.2, 0.25) is 5.91 Å². The molecular formula is C19H30N2O2. The highest BCUT2D eigenvalue weighted by Crippen LogP contribution is 2.07. The number of nitrogens with one attached hydrogen (secondary N) is 1. The fraction of sp³-hybridized carbons (Fsp3) is 0.579. The zero-order chi connectivity index (χ0) is 17.1. The van der Waals surface area contributed by atoms with Crippen LogP contribution in [0.15, 0.2) is 24.3 Å². The van der Waals surface area contributed by atoms with E-state index in [1.807, 2.05) is 31.2 Å². The zero-order valence-electron chi connectivity index (χ0n) is 14.7. The molecule has 0 saturated heterocycles. The Morgan fingerprint density at radius 3 is 2.26 bits per heavy atom. The van der Waals surface area contributed by atoms with Crippen LogP contribution >= 0.6 is 0 Å². The third-order valence-electron chi connectivity index (χ3n) is 4.07. The highest BCUT2D eigenvalue weighted by atomic mass is 16.2. The smallest absolute Gasteiger partial charge is 0.220 e. The van der Waals surface area contributed by atoms with Crippen LogP contribution in [0.1, 0.15) is 55.5 Å². The summed E-state index contributed by atoms with van der Waals surface area (Å²) in [5.74, 6) is -0.00464. The first kappa shape index (κ1) is 19.4. The van der Waals surface area contributed by atoms with Gasteiger partial charge in [0, 0.05) is 24.9 Å². The quantitative estimate of drug-likeness (QED) is 0.503. The number of hydrogen-bond acceptors (Lipinski definition) is 3. The van der Waals surface area contributed by atoms with Crippen molar-refractivity contribution in [3.63, 3.8) is 0 Å². The van der Waals surface area contributed by atoms with Crippen molar-refractivity contribution in [3.8, 4) is 0 Å². The van der Waals surface area contributed by atoms with Crippen molar-refractivity contribution in [2.24, 2.45) is 0 Å². The lowest BCUT2D eigenvalue weighted by atomic mass is 10.1. The molecule has 0 radical (unpaired) electrons. The molecule has 0 fully saturated rings. The number of ketones is 1. The van der Waals surface area contributed by atoms with Crippen LogP contribution in [0.2, 0.25) is 0 Å². The van der Waals surface area contributed by atoms with Gasteiger partial charge in [-0.05, 0) is 39.4 Å². The molecule has 128 valence electrons. The third kappa shape index (κ3) is 7.93. The zero-order valence-corrected chi connectivity index (χ0v) is 14.7. The maximum Gasteiger partial charge on any atom is 0.220 e. The van der Waals surface area contributed by atoms with Crippen molar-refractivity contribution in [2.45, 2.75) is 46.5 Å². The van der Waals surface area contributed by atoms with E-state index in [9.17, 15) is 9.59 Å². The second-order valence-electron chi connectivity index (χ2n) is 5.87. The first-order valence-corrected chi connectivity index (χ1v) is 8.65. The van der Waals surface area contributed by atoms with E-state index in [1.165, 1.54) is 0 Å². The van der Waals surface area contributed by atoms with Gasteiger partial charge in [-0.1, -0.05) is 43.7 Å². The lowest BCUT2D eigenvalue weighted by molar-refractivity contribution is -0.121. The minimum absolute atomic E-state index is 0.0293. The number of rotatable bonds is 11. The monoisotopic (exact) mass is 318 g/mol. The summed E-state index contributed by atoms with van der Waals surface area (Å²) < 4.78 is 0. The Hall–Kier alpha value is -1.68. The van der Waals surface area contributed by atoms with E-state index in [0.717, 1.165) is 38.0 Å². The molecule has 1 rings (SSSR count). The molecule has 0 heterocycles. The van der Waals surface area contributed by atoms with Crippen molar-refractivity contribution in [1.82, 2.24) is 10.2 Å². The number of unbranched alkanes of at least 4 members (excludes halogenated alkanes) is 1. The predicted molar refractivity (Wildman–Crippen MR) is 94.8 cm³/mol. The molecule has 4 heteroatoms. The lowest BCUT2D eigenvalue weighted by Crippen LogP contribution is -2.27. The second-order valence-corrected chi connectivity index (χ2v) is 5.87. The van der Waals surface area contributed by atoms with Crippen molar-refractivity contribution in [1.29, 1.82) is 0 Å². The molecule has 0 aliphatic carbocycles. The Labute approximate surface area is 140 Å². The van der Waals surface area contributed by atoms with E-state index >= 15 is 0 Å². The van der Waals surface area contributed by atoms with Gasteiger partial charge in [-0.15, -0.1) is 0 Å². The maximum atomic E-state index is 12.0. The van der Waals surface area contributed by atoms with Gasteiger partial charge >= 0.3 is 0 Å². The van der Waals surface area contributed by atoms with Crippen molar-refractivity contribution < 1.29 is 9.59 Å². The fourth-order valence-corrected chi connectivity index (χ4v) is 2.43. The average Bonchev–Trinajstić information content (AvgIpc) is 2.56. The summed E-state index contributed by atoms with van der Waals surface area (Å²) in [6, 6.07) is 7.48. The number of benzene rings is 1. The number of Topliss-reactive ketones (excluding diaryl/α,β-unsaturated/α-hetero) is 1. The SMILES string of the molecule is CCN(CC)CCCCNC(=O)CCC(=O)c1ccc(C)cc1. The Balaban J connectivity index is 2.14. The third-order valence-corrected chi connectivity index (χ3v) is 4.07. The summed E-state index contributed by atoms with van der Waals surface area (Å²) in [4.78, 5) is 26.1. The largest absolute Gasteiger partial charge is 0.356 e. The molecule has 23 heavy (non-hydrogen) atoms. The maximum absolute atomic E-state index is 12.0. The normalized spacial score (nSPS) is 10.8. The Morgan fingerprint density at radius 1 is 1.00 bits per heavy atom. The Morgan fingerprint density at radius 2 is 1.65 bits per heavy atom. The molecule has 1 N–H and O–H groups in total. The lowest BCUT2D eigenvalue weighted by Gasteiger charge is -2.17. The molecular weight excluding hydrogens is 288 g/mol. The van der Waals surface area contributed by atoms with Gasteiger partial charge in [-0.2, -0.15) is 0 Å². The van der Waals surface area contributed by atoms with E-state index in [1.54, 1.807) is 0 Å². The molecule has 0 aliphatic heterocycles. The summed E-state index contributed by atoms with van der Waals surface area (Å²) in [6.45, 7) is 10.2. The van der Waals surface area contributed by atoms with E-state index < -0.39 is 0 Å². The number of hydrogen-bond donors (Lipinski definition) is 1. The van der Waals surface area contributed by atoms with Crippen LogP contribution in [0.5, 0.6) is 0 Å². The predicted octanol–water partition coefficient (Wildman–Crippen LogP) is 3.20. The summed E-state index contributed by atoms with van der Waals surface area (Å²) in [5, 5.41) is 2.90. The fourth-order valence-electron chi connectivity index (χ4n) is 2.43. The van der Waals surface area contributed by atoms with Gasteiger partial charge in [-0.25, -0.2) is 0 Å². The molecule has 0 aromatic heterocycles. The Bertz CT molecular complexity index is 479. The Kier molecular flexibility index (Phi) is 9.22. The van der Waals surface area contributed by atoms with Gasteiger partial charge in [0.05, 0.1) is 0 Å². The van der Waals surface area contributed by atoms with E-state index in [0.29, 0.717) is 12.1 Å². The van der Waals surface area contributed by atoms with Gasteiger partial charge in [-0.3, -0.25) is 9.59 Å². The van der Waals surface area contributed by atoms with Crippen LogP contribution in [0.3, 0.4) is 0 Å². The number of nitrogens with zero attached hydrogens (tertiary/aromatic N) is 1. The summed E-state index contributed by atoms with van der Waals surface area (Å²) in [7, 11) is 0. The molecule has 0 aliphatic rings. The summed E-state index contributed by atoms with van der Waals surface area (Å²) in [6.07, 6.45) is 2.61. The molecule has 0 atom stereocenters. The van der Waals surface area contributed by atoms with Crippen LogP contribution < -0.4 is 5.32 Å². The summed E-state index contributed by atoms with van der Waals surface area (Å²) in [5.41, 5.74) is 1.81. The molecule has 0 spiro atoms. The molecule has 1 amide bonds. The molecule has 1 aromatic carbocycles. The molecule has 1 aromatic rings. The number of aryl methyl sites for hydroxylation is 1. The van der Waals surface area contributed by atoms with Crippen molar-refractivity contribution in [3.05, 3.63) is 35.4 Å². The van der Waals surface area contributed by atoms with Crippen molar-refractivity contribution in [2.75, 3.05) is 26.2 Å². The first-order valence-electron chi connectivity index (χ1n) is 8.65. The van der Waals surface area contributed by atoms with E-state index in [4.69, 9.17) is 0 Å². The standard InChI is InChI=1S/C19H30N2O2/c1-4-21(5-2)15-7-6-14-20-19(23)13-12-18(22)17-10-8-16(3)9-11-17/h8-11H,4-7,12-15H2,1-3H3,(H,20,23). The molecule has 0 unspecified atom stereocenters. The van der Waals surface area contributed by atoms with Crippen molar-refractivity contribution >= 4 is 11.7 Å². The topological polar surface area (TPSA) is 49.4 Å². The van der Waals surface area contributed by atoms with Crippen LogP contribution in [0, 0.1) is 6.92 Å². The molecule has 0 saturated carbocycles. The van der Waals surface area contributed by atoms with Gasteiger partial charge in [0.25, 0.3) is 0 Å². The second kappa shape index (κ2) is 10.9. The van der Waals surface area contributed by atoms with Gasteiger partial charge in [0.1, 0.15) is 0 Å². The highest BCUT2D eigenvalue weighted by Gasteiger charge is 2.09. The first-order chi connectivity index (χ1) is 11.1. The highest BCUT2D eigenvalue weighted by molar-refractivity contribution is 5.97. The van der Waals surface area contributed by atoms with Gasteiger partial charge in [0.15, 0.2) is 5.78 Å². The van der Waals surface area contributed by atoms with Crippen LogP contribution in [0.25, 0.3) is 0 Å². The van der Waals surface area contributed by atoms with Crippen LogP contribution in [-0.4, -0.2) is 42.8 Å². The van der Waals surface area contributed by atoms with Crippen LogP contribution in [0.4, 0.5) is 0 Å². The van der Waals surface area contributed by atoms with E-state index in [2.05, 4.69) is 24.1 Å². The number of carbonyl (C=O) groups is 2. The summed E-state index contributed by atoms with van der Waals surface area (Å²) >= 11 is 0. The van der Waals surface area contributed by atoms with E-state index in [-0.39, 0.29) is 24.5 Å². The van der Waals surface area contributed by atoms with Crippen LogP contribution in [-0.2, 0) is 4.79 Å². The minimum Gasteiger partial charge on any atom is -0.356 e.